The number of carbonyl (C=O) groups excluding carboxylic acids is 1. The largest absolute Gasteiger partial charge is 0.481 e. The minimum Gasteiger partial charge on any atom is -0.481 e. The van der Waals surface area contributed by atoms with Crippen LogP contribution >= 0.6 is 0 Å². The number of rotatable bonds is 7. The fourth-order valence-electron chi connectivity index (χ4n) is 1.75. The molecule has 1 atom stereocenters. The minimum atomic E-state index is -1.16. The predicted molar refractivity (Wildman–Crippen MR) is 67.8 cm³/mol. The van der Waals surface area contributed by atoms with Gasteiger partial charge in [-0.2, -0.15) is 0 Å². The number of benzene rings is 1. The number of carboxylic acids is 1. The fourth-order valence-corrected chi connectivity index (χ4v) is 1.75. The molecule has 0 fully saturated rings. The molecule has 0 bridgehead atoms. The molecule has 0 radical (unpaired) electrons. The van der Waals surface area contributed by atoms with Crippen molar-refractivity contribution in [3.05, 3.63) is 39.9 Å². The lowest BCUT2D eigenvalue weighted by molar-refractivity contribution is -0.384. The van der Waals surface area contributed by atoms with Crippen molar-refractivity contribution in [3.63, 3.8) is 0 Å². The molecule has 1 unspecified atom stereocenters. The summed E-state index contributed by atoms with van der Waals surface area (Å²) in [5.41, 5.74) is 0.540. The van der Waals surface area contributed by atoms with Crippen LogP contribution < -0.4 is 0 Å². The summed E-state index contributed by atoms with van der Waals surface area (Å²) in [6.45, 7) is 1.81. The number of hydrogen-bond acceptors (Lipinski definition) is 4. The van der Waals surface area contributed by atoms with Crippen molar-refractivity contribution in [2.75, 3.05) is 0 Å². The van der Waals surface area contributed by atoms with Gasteiger partial charge in [0, 0.05) is 18.6 Å². The first-order valence-electron chi connectivity index (χ1n) is 5.94. The van der Waals surface area contributed by atoms with E-state index in [4.69, 9.17) is 5.11 Å². The molecule has 6 nitrogen and oxygen atoms in total. The van der Waals surface area contributed by atoms with E-state index in [0.717, 1.165) is 0 Å². The van der Waals surface area contributed by atoms with E-state index in [1.54, 1.807) is 0 Å². The van der Waals surface area contributed by atoms with E-state index in [0.29, 0.717) is 12.0 Å². The number of nitro benzene ring substituents is 1. The Labute approximate surface area is 110 Å². The van der Waals surface area contributed by atoms with E-state index in [2.05, 4.69) is 0 Å². The maximum Gasteiger partial charge on any atom is 0.314 e. The number of ketones is 1. The summed E-state index contributed by atoms with van der Waals surface area (Å²) in [4.78, 5) is 32.7. The smallest absolute Gasteiger partial charge is 0.314 e. The second kappa shape index (κ2) is 6.63. The molecule has 1 aromatic carbocycles. The average Bonchev–Trinajstić information content (AvgIpc) is 2.36. The van der Waals surface area contributed by atoms with Gasteiger partial charge in [0.1, 0.15) is 11.7 Å². The second-order valence-electron chi connectivity index (χ2n) is 4.23. The molecule has 0 amide bonds. The first-order valence-corrected chi connectivity index (χ1v) is 5.94. The number of nitro groups is 1. The van der Waals surface area contributed by atoms with Gasteiger partial charge in [0.05, 0.1) is 4.92 Å². The van der Waals surface area contributed by atoms with Gasteiger partial charge in [0.25, 0.3) is 5.69 Å². The monoisotopic (exact) mass is 265 g/mol. The van der Waals surface area contributed by atoms with E-state index in [1.807, 2.05) is 6.92 Å². The van der Waals surface area contributed by atoms with Crippen molar-refractivity contribution in [2.45, 2.75) is 26.2 Å². The molecule has 0 aromatic heterocycles. The fraction of sp³-hybridized carbons (Fsp3) is 0.385. The summed E-state index contributed by atoms with van der Waals surface area (Å²) in [6.07, 6.45) is 0.888. The van der Waals surface area contributed by atoms with Gasteiger partial charge in [-0.3, -0.25) is 19.7 Å². The van der Waals surface area contributed by atoms with Crippen molar-refractivity contribution in [3.8, 4) is 0 Å². The maximum atomic E-state index is 11.7. The van der Waals surface area contributed by atoms with Crippen molar-refractivity contribution >= 4 is 17.4 Å². The summed E-state index contributed by atoms with van der Waals surface area (Å²) in [5.74, 6) is -2.55. The summed E-state index contributed by atoms with van der Waals surface area (Å²) in [6, 6.07) is 5.57. The van der Waals surface area contributed by atoms with E-state index in [-0.39, 0.29) is 24.3 Å². The Hall–Kier alpha value is -2.24. The molecule has 1 aromatic rings. The quantitative estimate of drug-likeness (QED) is 0.463. The highest BCUT2D eigenvalue weighted by Crippen LogP contribution is 2.17. The SMILES string of the molecule is CCCC(=O)C(Cc1ccc([N+](=O)[O-])cc1)C(=O)O. The van der Waals surface area contributed by atoms with E-state index < -0.39 is 16.8 Å². The summed E-state index contributed by atoms with van der Waals surface area (Å²) >= 11 is 0. The number of non-ortho nitro benzene ring substituents is 1. The zero-order valence-electron chi connectivity index (χ0n) is 10.5. The molecule has 1 N–H and O–H groups in total. The Morgan fingerprint density at radius 2 is 1.89 bits per heavy atom. The van der Waals surface area contributed by atoms with Crippen molar-refractivity contribution < 1.29 is 19.6 Å². The van der Waals surface area contributed by atoms with Crippen molar-refractivity contribution in [1.29, 1.82) is 0 Å². The first-order chi connectivity index (χ1) is 8.95. The Morgan fingerprint density at radius 1 is 1.32 bits per heavy atom. The second-order valence-corrected chi connectivity index (χ2v) is 4.23. The number of Topliss-reactive ketones (excluding diaryl/α,β-unsaturated/α-hetero) is 1. The highest BCUT2D eigenvalue weighted by atomic mass is 16.6. The molecule has 19 heavy (non-hydrogen) atoms. The number of aliphatic carboxylic acids is 1. The summed E-state index contributed by atoms with van der Waals surface area (Å²) in [5, 5.41) is 19.5. The van der Waals surface area contributed by atoms with Crippen molar-refractivity contribution in [2.24, 2.45) is 5.92 Å². The third-order valence-electron chi connectivity index (χ3n) is 2.77. The molecule has 0 aliphatic carbocycles. The topological polar surface area (TPSA) is 97.5 Å². The maximum absolute atomic E-state index is 11.7. The Bertz CT molecular complexity index is 480. The van der Waals surface area contributed by atoms with Gasteiger partial charge in [0.15, 0.2) is 0 Å². The Balaban J connectivity index is 2.82. The number of nitrogens with zero attached hydrogens (tertiary/aromatic N) is 1. The van der Waals surface area contributed by atoms with Crippen LogP contribution in [0.15, 0.2) is 24.3 Å². The lowest BCUT2D eigenvalue weighted by atomic mass is 9.93. The normalized spacial score (nSPS) is 11.8. The molecular formula is C13H15NO5. The van der Waals surface area contributed by atoms with Gasteiger partial charge in [-0.15, -0.1) is 0 Å². The lowest BCUT2D eigenvalue weighted by Crippen LogP contribution is -2.25. The van der Waals surface area contributed by atoms with Crippen LogP contribution in [0.3, 0.4) is 0 Å². The molecule has 1 rings (SSSR count). The Morgan fingerprint density at radius 3 is 2.32 bits per heavy atom. The molecule has 0 aliphatic rings. The highest BCUT2D eigenvalue weighted by molar-refractivity contribution is 5.98. The first kappa shape index (κ1) is 14.8. The minimum absolute atomic E-state index is 0.0597. The highest BCUT2D eigenvalue weighted by Gasteiger charge is 2.25. The van der Waals surface area contributed by atoms with E-state index in [1.165, 1.54) is 24.3 Å². The van der Waals surface area contributed by atoms with Gasteiger partial charge in [-0.1, -0.05) is 19.1 Å². The Kier molecular flexibility index (Phi) is 5.17. The molecule has 102 valence electrons. The van der Waals surface area contributed by atoms with Crippen LogP contribution in [0.1, 0.15) is 25.3 Å². The molecule has 0 aliphatic heterocycles. The molecule has 0 spiro atoms. The number of hydrogen-bond donors (Lipinski definition) is 1. The van der Waals surface area contributed by atoms with Crippen LogP contribution in [0.4, 0.5) is 5.69 Å². The predicted octanol–water partition coefficient (Wildman–Crippen LogP) is 2.21. The van der Waals surface area contributed by atoms with Gasteiger partial charge in [0.2, 0.25) is 0 Å². The zero-order chi connectivity index (χ0) is 14.4. The summed E-state index contributed by atoms with van der Waals surface area (Å²) < 4.78 is 0. The van der Waals surface area contributed by atoms with Crippen LogP contribution in [0.25, 0.3) is 0 Å². The lowest BCUT2D eigenvalue weighted by Gasteiger charge is -2.10. The molecule has 6 heteroatoms. The third kappa shape index (κ3) is 4.17. The van der Waals surface area contributed by atoms with E-state index >= 15 is 0 Å². The van der Waals surface area contributed by atoms with E-state index in [9.17, 15) is 19.7 Å². The van der Waals surface area contributed by atoms with Gasteiger partial charge < -0.3 is 5.11 Å². The molecule has 0 saturated heterocycles. The van der Waals surface area contributed by atoms with Crippen LogP contribution in [-0.2, 0) is 16.0 Å². The summed E-state index contributed by atoms with van der Waals surface area (Å²) in [7, 11) is 0. The molecule has 0 heterocycles. The van der Waals surface area contributed by atoms with Gasteiger partial charge in [-0.25, -0.2) is 0 Å². The zero-order valence-corrected chi connectivity index (χ0v) is 10.5. The van der Waals surface area contributed by atoms with Crippen LogP contribution in [-0.4, -0.2) is 21.8 Å². The third-order valence-corrected chi connectivity index (χ3v) is 2.77. The number of carboxylic acid groups (broad SMARTS) is 1. The van der Waals surface area contributed by atoms with Crippen LogP contribution in [0, 0.1) is 16.0 Å². The standard InChI is InChI=1S/C13H15NO5/c1-2-3-12(15)11(13(16)17)8-9-4-6-10(7-5-9)14(18)19/h4-7,11H,2-3,8H2,1H3,(H,16,17). The number of carbonyl (C=O) groups is 2. The van der Waals surface area contributed by atoms with Crippen molar-refractivity contribution in [1.82, 2.24) is 0 Å². The van der Waals surface area contributed by atoms with Crippen LogP contribution in [0.2, 0.25) is 0 Å². The van der Waals surface area contributed by atoms with Crippen LogP contribution in [0.5, 0.6) is 0 Å². The average molecular weight is 265 g/mol. The van der Waals surface area contributed by atoms with Gasteiger partial charge >= 0.3 is 5.97 Å². The molecule has 0 saturated carbocycles. The van der Waals surface area contributed by atoms with Gasteiger partial charge in [-0.05, 0) is 18.4 Å². The molecular weight excluding hydrogens is 250 g/mol.